The zero-order chi connectivity index (χ0) is 28.2. The minimum atomic E-state index is -4.91. The van der Waals surface area contributed by atoms with Crippen LogP contribution in [0.4, 0.5) is 13.2 Å². The zero-order valence-corrected chi connectivity index (χ0v) is 22.9. The Balaban J connectivity index is 0.00000235. The quantitative estimate of drug-likeness (QED) is 0.257. The minimum absolute atomic E-state index is 0.0147. The molecule has 1 fully saturated rings. The summed E-state index contributed by atoms with van der Waals surface area (Å²) in [6, 6.07) is 7.54. The topological polar surface area (TPSA) is 94.2 Å². The van der Waals surface area contributed by atoms with Gasteiger partial charge in [0.25, 0.3) is 5.56 Å². The SMILES string of the molecule is C=N.CN(CSC(=N)c1ccc(-c2ccn(C)c(=O)c2)cc1OC(F)(F)F)C1CC(C)(C)NC(C)(C)C1. The Labute approximate surface area is 220 Å². The minimum Gasteiger partial charge on any atom is -0.405 e. The maximum absolute atomic E-state index is 13.2. The number of ether oxygens (including phenoxy) is 1. The van der Waals surface area contributed by atoms with E-state index in [-0.39, 0.29) is 33.3 Å². The lowest BCUT2D eigenvalue weighted by Gasteiger charge is -2.49. The van der Waals surface area contributed by atoms with Crippen molar-refractivity contribution in [1.82, 2.24) is 14.8 Å². The van der Waals surface area contributed by atoms with Gasteiger partial charge >= 0.3 is 6.36 Å². The first kappa shape index (κ1) is 30.6. The lowest BCUT2D eigenvalue weighted by Crippen LogP contribution is -2.61. The summed E-state index contributed by atoms with van der Waals surface area (Å²) in [7, 11) is 3.57. The van der Waals surface area contributed by atoms with Crippen LogP contribution in [0.2, 0.25) is 0 Å². The van der Waals surface area contributed by atoms with Crippen molar-refractivity contribution in [3.05, 3.63) is 52.4 Å². The van der Waals surface area contributed by atoms with E-state index >= 15 is 0 Å². The molecule has 37 heavy (non-hydrogen) atoms. The number of rotatable bonds is 6. The molecule has 2 aromatic rings. The smallest absolute Gasteiger partial charge is 0.405 e. The maximum Gasteiger partial charge on any atom is 0.573 e. The third kappa shape index (κ3) is 8.72. The van der Waals surface area contributed by atoms with Crippen LogP contribution in [0.25, 0.3) is 11.1 Å². The third-order valence-electron chi connectivity index (χ3n) is 6.09. The van der Waals surface area contributed by atoms with Gasteiger partial charge in [-0.1, -0.05) is 17.8 Å². The van der Waals surface area contributed by atoms with Gasteiger partial charge in [0.2, 0.25) is 0 Å². The number of benzene rings is 1. The van der Waals surface area contributed by atoms with Crippen molar-refractivity contribution >= 4 is 23.5 Å². The average molecular weight is 540 g/mol. The van der Waals surface area contributed by atoms with Crippen LogP contribution >= 0.6 is 11.8 Å². The highest BCUT2D eigenvalue weighted by atomic mass is 32.2. The Morgan fingerprint density at radius 3 is 2.27 bits per heavy atom. The third-order valence-corrected chi connectivity index (χ3v) is 7.14. The van der Waals surface area contributed by atoms with E-state index in [1.165, 1.54) is 34.5 Å². The number of pyridine rings is 1. The number of alkyl halides is 3. The fourth-order valence-corrected chi connectivity index (χ4v) is 5.62. The van der Waals surface area contributed by atoms with Gasteiger partial charge in [0, 0.05) is 42.0 Å². The number of thioether (sulfide) groups is 1. The molecule has 0 saturated carbocycles. The molecule has 0 bridgehead atoms. The summed E-state index contributed by atoms with van der Waals surface area (Å²) in [4.78, 5) is 14.1. The number of hydrogen-bond acceptors (Lipinski definition) is 7. The van der Waals surface area contributed by atoms with E-state index in [2.05, 4.69) is 49.4 Å². The molecule has 1 aliphatic rings. The van der Waals surface area contributed by atoms with Gasteiger partial charge in [-0.2, -0.15) is 0 Å². The first-order chi connectivity index (χ1) is 17.1. The number of aryl methyl sites for hydroxylation is 1. The number of piperidine rings is 1. The lowest BCUT2D eigenvalue weighted by molar-refractivity contribution is -0.274. The molecule has 0 unspecified atom stereocenters. The average Bonchev–Trinajstić information content (AvgIpc) is 2.77. The molecule has 1 saturated heterocycles. The van der Waals surface area contributed by atoms with Gasteiger partial charge in [0.1, 0.15) is 5.75 Å². The Hall–Kier alpha value is -2.63. The Morgan fingerprint density at radius 2 is 1.73 bits per heavy atom. The van der Waals surface area contributed by atoms with E-state index in [1.54, 1.807) is 25.4 Å². The van der Waals surface area contributed by atoms with E-state index in [9.17, 15) is 18.0 Å². The molecule has 2 heterocycles. The van der Waals surface area contributed by atoms with Crippen molar-refractivity contribution < 1.29 is 17.9 Å². The van der Waals surface area contributed by atoms with Crippen LogP contribution in [0.3, 0.4) is 0 Å². The van der Waals surface area contributed by atoms with Gasteiger partial charge in [-0.3, -0.25) is 15.1 Å². The summed E-state index contributed by atoms with van der Waals surface area (Å²) >= 11 is 1.17. The summed E-state index contributed by atoms with van der Waals surface area (Å²) in [5.41, 5.74) is 0.572. The zero-order valence-electron chi connectivity index (χ0n) is 22.1. The van der Waals surface area contributed by atoms with E-state index in [1.807, 2.05) is 7.05 Å². The molecule has 7 nitrogen and oxygen atoms in total. The highest BCUT2D eigenvalue weighted by molar-refractivity contribution is 8.14. The Kier molecular flexibility index (Phi) is 9.78. The molecule has 11 heteroatoms. The van der Waals surface area contributed by atoms with E-state index in [4.69, 9.17) is 10.8 Å². The Bertz CT molecular complexity index is 1150. The highest BCUT2D eigenvalue weighted by Gasteiger charge is 2.39. The highest BCUT2D eigenvalue weighted by Crippen LogP contribution is 2.35. The van der Waals surface area contributed by atoms with Gasteiger partial charge < -0.3 is 20.0 Å². The van der Waals surface area contributed by atoms with E-state index in [0.29, 0.717) is 17.0 Å². The van der Waals surface area contributed by atoms with Gasteiger partial charge in [-0.05, 0) is 83.6 Å². The molecule has 0 spiro atoms. The molecule has 1 aromatic carbocycles. The van der Waals surface area contributed by atoms with Crippen molar-refractivity contribution in [3.63, 3.8) is 0 Å². The number of hydrogen-bond donors (Lipinski definition) is 3. The molecule has 1 aromatic heterocycles. The Morgan fingerprint density at radius 1 is 1.16 bits per heavy atom. The summed E-state index contributed by atoms with van der Waals surface area (Å²) < 4.78 is 45.2. The van der Waals surface area contributed by atoms with Crippen LogP contribution in [0.1, 0.15) is 46.1 Å². The number of halogens is 3. The van der Waals surface area contributed by atoms with Crippen molar-refractivity contribution in [3.8, 4) is 16.9 Å². The monoisotopic (exact) mass is 539 g/mol. The first-order valence-electron chi connectivity index (χ1n) is 11.7. The number of nitrogens with zero attached hydrogens (tertiary/aromatic N) is 2. The van der Waals surface area contributed by atoms with Gasteiger partial charge in [0.15, 0.2) is 0 Å². The van der Waals surface area contributed by atoms with Gasteiger partial charge in [-0.25, -0.2) is 0 Å². The van der Waals surface area contributed by atoms with Crippen LogP contribution in [-0.2, 0) is 7.05 Å². The standard InChI is InChI=1S/C25H33F3N4O2S.CH3N/c1-23(2)13-18(14-24(3,4)30-23)32(6)15-35-22(29)19-8-7-16(11-20(19)34-25(26,27)28)17-9-10-31(5)21(33)12-17;1-2/h7-12,18,29-30H,13-15H2,1-6H3;2H,1H2. The predicted molar refractivity (Wildman–Crippen MR) is 145 cm³/mol. The van der Waals surface area contributed by atoms with Gasteiger partial charge in [-0.15, -0.1) is 13.2 Å². The van der Waals surface area contributed by atoms with Crippen LogP contribution in [-0.4, -0.2) is 57.6 Å². The summed E-state index contributed by atoms with van der Waals surface area (Å²) in [5.74, 6) is -0.00242. The van der Waals surface area contributed by atoms with Crippen LogP contribution in [0.5, 0.6) is 5.75 Å². The molecule has 0 aliphatic carbocycles. The normalized spacial score (nSPS) is 17.1. The maximum atomic E-state index is 13.2. The lowest BCUT2D eigenvalue weighted by atomic mass is 9.79. The largest absolute Gasteiger partial charge is 0.573 e. The molecule has 3 N–H and O–H groups in total. The second-order valence-electron chi connectivity index (χ2n) is 10.4. The fourth-order valence-electron chi connectivity index (χ4n) is 4.76. The fraction of sp³-hybridized carbons (Fsp3) is 0.500. The molecule has 3 rings (SSSR count). The van der Waals surface area contributed by atoms with Crippen molar-refractivity contribution in [2.45, 2.75) is 64.0 Å². The molecule has 1 aliphatic heterocycles. The second-order valence-corrected chi connectivity index (χ2v) is 11.4. The molecule has 0 atom stereocenters. The van der Waals surface area contributed by atoms with Crippen LogP contribution in [0, 0.1) is 10.8 Å². The molecular formula is C26H36F3N5O2S. The first-order valence-corrected chi connectivity index (χ1v) is 12.7. The van der Waals surface area contributed by atoms with Crippen molar-refractivity contribution in [2.24, 2.45) is 7.05 Å². The summed E-state index contributed by atoms with van der Waals surface area (Å²) in [6.45, 7) is 11.1. The summed E-state index contributed by atoms with van der Waals surface area (Å²) in [6.07, 6.45) is -1.51. The van der Waals surface area contributed by atoms with Crippen LogP contribution in [0.15, 0.2) is 41.3 Å². The van der Waals surface area contributed by atoms with Crippen molar-refractivity contribution in [1.29, 1.82) is 10.8 Å². The van der Waals surface area contributed by atoms with Gasteiger partial charge in [0.05, 0.1) is 10.9 Å². The predicted octanol–water partition coefficient (Wildman–Crippen LogP) is 5.47. The van der Waals surface area contributed by atoms with E-state index in [0.717, 1.165) is 12.8 Å². The number of aromatic nitrogens is 1. The van der Waals surface area contributed by atoms with Crippen molar-refractivity contribution in [2.75, 3.05) is 12.9 Å². The van der Waals surface area contributed by atoms with E-state index < -0.39 is 12.1 Å². The second kappa shape index (κ2) is 11.8. The molecule has 204 valence electrons. The molecular weight excluding hydrogens is 503 g/mol. The summed E-state index contributed by atoms with van der Waals surface area (Å²) in [5, 5.41) is 17.6. The molecule has 0 amide bonds. The molecule has 0 radical (unpaired) electrons. The van der Waals surface area contributed by atoms with Crippen LogP contribution < -0.4 is 15.6 Å². The number of nitrogens with one attached hydrogen (secondary N) is 3.